The summed E-state index contributed by atoms with van der Waals surface area (Å²) >= 11 is 0. The van der Waals surface area contributed by atoms with Crippen LogP contribution in [0.15, 0.2) is 47.5 Å². The van der Waals surface area contributed by atoms with Crippen LogP contribution in [-0.2, 0) is 12.6 Å². The molecule has 0 aliphatic carbocycles. The summed E-state index contributed by atoms with van der Waals surface area (Å²) in [6, 6.07) is 10.2. The van der Waals surface area contributed by atoms with Crippen molar-refractivity contribution >= 4 is 11.6 Å². The van der Waals surface area contributed by atoms with Crippen LogP contribution in [0, 0.1) is 6.92 Å². The minimum absolute atomic E-state index is 0.347. The van der Waals surface area contributed by atoms with Gasteiger partial charge in [-0.05, 0) is 41.8 Å². The van der Waals surface area contributed by atoms with Gasteiger partial charge in [0.1, 0.15) is 0 Å². The van der Waals surface area contributed by atoms with Crippen molar-refractivity contribution < 1.29 is 18.0 Å². The van der Waals surface area contributed by atoms with Gasteiger partial charge < -0.3 is 0 Å². The first-order valence-electron chi connectivity index (χ1n) is 6.74. The Balaban J connectivity index is 1.97. The third-order valence-corrected chi connectivity index (χ3v) is 3.77. The molecular weight excluding hydrogens is 291 g/mol. The van der Waals surface area contributed by atoms with E-state index >= 15 is 0 Å². The van der Waals surface area contributed by atoms with Crippen LogP contribution >= 0.6 is 0 Å². The van der Waals surface area contributed by atoms with E-state index in [4.69, 9.17) is 0 Å². The van der Waals surface area contributed by atoms with Gasteiger partial charge in [0.15, 0.2) is 0 Å². The van der Waals surface area contributed by atoms with E-state index in [1.807, 2.05) is 13.0 Å². The van der Waals surface area contributed by atoms with Crippen molar-refractivity contribution in [2.24, 2.45) is 4.99 Å². The normalized spacial score (nSPS) is 14.5. The topological polar surface area (TPSA) is 29.4 Å². The van der Waals surface area contributed by atoms with Crippen molar-refractivity contribution in [2.45, 2.75) is 19.5 Å². The zero-order valence-corrected chi connectivity index (χ0v) is 11.7. The maximum atomic E-state index is 12.6. The molecular formula is C17H12F3NO. The molecule has 1 aliphatic rings. The first-order valence-corrected chi connectivity index (χ1v) is 6.74. The molecule has 0 bridgehead atoms. The smallest absolute Gasteiger partial charge is 0.267 e. The highest BCUT2D eigenvalue weighted by atomic mass is 19.4. The van der Waals surface area contributed by atoms with Crippen LogP contribution in [0.2, 0.25) is 0 Å². The monoisotopic (exact) mass is 303 g/mol. The molecule has 5 heteroatoms. The number of fused-ring (bicyclic) bond motifs is 1. The summed E-state index contributed by atoms with van der Waals surface area (Å²) in [6.07, 6.45) is -3.93. The summed E-state index contributed by atoms with van der Waals surface area (Å²) in [6.45, 7) is 1.90. The quantitative estimate of drug-likeness (QED) is 0.776. The zero-order chi connectivity index (χ0) is 15.9. The molecule has 0 aromatic heterocycles. The van der Waals surface area contributed by atoms with Gasteiger partial charge in [0.05, 0.1) is 11.3 Å². The SMILES string of the molecule is Cc1cccc2c1CC(c1ccc(C(F)(F)F)cc1)=NC2=O. The highest BCUT2D eigenvalue weighted by Crippen LogP contribution is 2.30. The first kappa shape index (κ1) is 14.5. The molecule has 0 radical (unpaired) electrons. The number of nitrogens with zero attached hydrogens (tertiary/aromatic N) is 1. The lowest BCUT2D eigenvalue weighted by atomic mass is 9.91. The van der Waals surface area contributed by atoms with E-state index in [1.165, 1.54) is 12.1 Å². The lowest BCUT2D eigenvalue weighted by Crippen LogP contribution is -2.18. The second kappa shape index (κ2) is 5.09. The van der Waals surface area contributed by atoms with Gasteiger partial charge in [-0.15, -0.1) is 0 Å². The maximum Gasteiger partial charge on any atom is 0.416 e. The lowest BCUT2D eigenvalue weighted by molar-refractivity contribution is -0.137. The summed E-state index contributed by atoms with van der Waals surface area (Å²) < 4.78 is 37.8. The minimum Gasteiger partial charge on any atom is -0.267 e. The third-order valence-electron chi connectivity index (χ3n) is 3.77. The van der Waals surface area contributed by atoms with Crippen LogP contribution in [0.4, 0.5) is 13.2 Å². The van der Waals surface area contributed by atoms with Crippen molar-refractivity contribution in [3.8, 4) is 0 Å². The first-order chi connectivity index (χ1) is 10.4. The Bertz CT molecular complexity index is 773. The molecule has 3 rings (SSSR count). The summed E-state index contributed by atoms with van der Waals surface area (Å²) in [5, 5.41) is 0. The molecule has 2 aromatic rings. The second-order valence-electron chi connectivity index (χ2n) is 5.22. The van der Waals surface area contributed by atoms with Gasteiger partial charge in [-0.25, -0.2) is 4.99 Å². The van der Waals surface area contributed by atoms with Crippen LogP contribution in [0.1, 0.15) is 32.6 Å². The predicted molar refractivity (Wildman–Crippen MR) is 77.2 cm³/mol. The van der Waals surface area contributed by atoms with E-state index in [0.717, 1.165) is 23.3 Å². The van der Waals surface area contributed by atoms with Crippen molar-refractivity contribution in [3.63, 3.8) is 0 Å². The Morgan fingerprint density at radius 1 is 1.05 bits per heavy atom. The Kier molecular flexibility index (Phi) is 3.35. The summed E-state index contributed by atoms with van der Waals surface area (Å²) in [7, 11) is 0. The van der Waals surface area contributed by atoms with E-state index < -0.39 is 11.7 Å². The van der Waals surface area contributed by atoms with Gasteiger partial charge in [-0.1, -0.05) is 24.3 Å². The Labute approximate surface area is 125 Å². The fourth-order valence-corrected chi connectivity index (χ4v) is 2.55. The van der Waals surface area contributed by atoms with Crippen molar-refractivity contribution in [3.05, 3.63) is 70.3 Å². The number of halogens is 3. The van der Waals surface area contributed by atoms with Crippen LogP contribution in [0.5, 0.6) is 0 Å². The van der Waals surface area contributed by atoms with E-state index in [1.54, 1.807) is 12.1 Å². The molecule has 2 nitrogen and oxygen atoms in total. The van der Waals surface area contributed by atoms with Gasteiger partial charge >= 0.3 is 6.18 Å². The molecule has 1 heterocycles. The van der Waals surface area contributed by atoms with Crippen molar-refractivity contribution in [2.75, 3.05) is 0 Å². The highest BCUT2D eigenvalue weighted by molar-refractivity contribution is 6.15. The van der Waals surface area contributed by atoms with Crippen molar-refractivity contribution in [1.29, 1.82) is 0 Å². The van der Waals surface area contributed by atoms with Crippen LogP contribution in [0.3, 0.4) is 0 Å². The van der Waals surface area contributed by atoms with Gasteiger partial charge in [0.25, 0.3) is 5.91 Å². The predicted octanol–water partition coefficient (Wildman–Crippen LogP) is 4.20. The Morgan fingerprint density at radius 3 is 2.36 bits per heavy atom. The standard InChI is InChI=1S/C17H12F3NO/c1-10-3-2-4-13-14(10)9-15(21-16(13)22)11-5-7-12(8-6-11)17(18,19)20/h2-8H,9H2,1H3. The fourth-order valence-electron chi connectivity index (χ4n) is 2.55. The number of hydrogen-bond acceptors (Lipinski definition) is 1. The molecule has 0 saturated heterocycles. The van der Waals surface area contributed by atoms with Gasteiger partial charge in [0, 0.05) is 12.0 Å². The number of carbonyl (C=O) groups is 1. The van der Waals surface area contributed by atoms with E-state index in [2.05, 4.69) is 4.99 Å². The Hall–Kier alpha value is -2.43. The van der Waals surface area contributed by atoms with E-state index in [-0.39, 0.29) is 5.91 Å². The number of benzene rings is 2. The molecule has 2 aromatic carbocycles. The summed E-state index contributed by atoms with van der Waals surface area (Å²) in [5.74, 6) is -0.347. The molecule has 0 spiro atoms. The van der Waals surface area contributed by atoms with Gasteiger partial charge in [-0.3, -0.25) is 4.79 Å². The molecule has 22 heavy (non-hydrogen) atoms. The number of rotatable bonds is 1. The minimum atomic E-state index is -4.37. The third kappa shape index (κ3) is 2.54. The van der Waals surface area contributed by atoms with E-state index in [0.29, 0.717) is 23.3 Å². The zero-order valence-electron chi connectivity index (χ0n) is 11.7. The molecule has 0 N–H and O–H groups in total. The molecule has 0 atom stereocenters. The lowest BCUT2D eigenvalue weighted by Gasteiger charge is -2.17. The van der Waals surface area contributed by atoms with Gasteiger partial charge in [0.2, 0.25) is 0 Å². The van der Waals surface area contributed by atoms with Crippen LogP contribution in [0.25, 0.3) is 0 Å². The molecule has 1 amide bonds. The average Bonchev–Trinajstić information content (AvgIpc) is 2.47. The largest absolute Gasteiger partial charge is 0.416 e. The fraction of sp³-hybridized carbons (Fsp3) is 0.176. The highest BCUT2D eigenvalue weighted by Gasteiger charge is 2.30. The average molecular weight is 303 g/mol. The van der Waals surface area contributed by atoms with Crippen LogP contribution < -0.4 is 0 Å². The number of aliphatic imine (C=N–C) groups is 1. The molecule has 0 unspecified atom stereocenters. The second-order valence-corrected chi connectivity index (χ2v) is 5.22. The molecule has 1 aliphatic heterocycles. The van der Waals surface area contributed by atoms with Crippen molar-refractivity contribution in [1.82, 2.24) is 0 Å². The molecule has 112 valence electrons. The summed E-state index contributed by atoms with van der Waals surface area (Å²) in [5.41, 5.74) is 2.75. The number of amides is 1. The van der Waals surface area contributed by atoms with Gasteiger partial charge in [-0.2, -0.15) is 13.2 Å². The maximum absolute atomic E-state index is 12.6. The number of alkyl halides is 3. The number of hydrogen-bond donors (Lipinski definition) is 0. The number of carbonyl (C=O) groups excluding carboxylic acids is 1. The van der Waals surface area contributed by atoms with E-state index in [9.17, 15) is 18.0 Å². The summed E-state index contributed by atoms with van der Waals surface area (Å²) in [4.78, 5) is 16.1. The Morgan fingerprint density at radius 2 is 1.73 bits per heavy atom. The molecule has 0 saturated carbocycles. The van der Waals surface area contributed by atoms with Crippen LogP contribution in [-0.4, -0.2) is 11.6 Å². The number of aryl methyl sites for hydroxylation is 1. The molecule has 0 fully saturated rings.